The zero-order valence-corrected chi connectivity index (χ0v) is 12.0. The van der Waals surface area contributed by atoms with Gasteiger partial charge in [0.25, 0.3) is 0 Å². The molecule has 0 aliphatic carbocycles. The smallest absolute Gasteiger partial charge is 0.240 e. The molecule has 0 aliphatic heterocycles. The lowest BCUT2D eigenvalue weighted by molar-refractivity contribution is 0.581. The molecule has 0 atom stereocenters. The van der Waals surface area contributed by atoms with Gasteiger partial charge in [-0.3, -0.25) is 4.98 Å². The summed E-state index contributed by atoms with van der Waals surface area (Å²) in [5.74, 6) is 0. The quantitative estimate of drug-likeness (QED) is 0.817. The van der Waals surface area contributed by atoms with Gasteiger partial charge in [0.1, 0.15) is 0 Å². The molecule has 0 amide bonds. The molecule has 1 heterocycles. The molecule has 0 radical (unpaired) electrons. The second kappa shape index (κ2) is 6.02. The highest BCUT2D eigenvalue weighted by molar-refractivity contribution is 7.89. The summed E-state index contributed by atoms with van der Waals surface area (Å²) in [6.45, 7) is 2.16. The summed E-state index contributed by atoms with van der Waals surface area (Å²) in [5.41, 5.74) is 8.05. The molecule has 1 aromatic carbocycles. The second-order valence-corrected chi connectivity index (χ2v) is 6.29. The lowest BCUT2D eigenvalue weighted by atomic mass is 10.2. The fourth-order valence-electron chi connectivity index (χ4n) is 1.74. The summed E-state index contributed by atoms with van der Waals surface area (Å²) < 4.78 is 26.8. The first-order valence-corrected chi connectivity index (χ1v) is 7.72. The molecule has 6 heteroatoms. The van der Waals surface area contributed by atoms with Crippen LogP contribution in [0.4, 0.5) is 5.69 Å². The molecular formula is C14H17N3O2S. The van der Waals surface area contributed by atoms with Crippen LogP contribution in [0, 0.1) is 6.92 Å². The van der Waals surface area contributed by atoms with Gasteiger partial charge in [0.15, 0.2) is 0 Å². The van der Waals surface area contributed by atoms with E-state index in [9.17, 15) is 8.42 Å². The summed E-state index contributed by atoms with van der Waals surface area (Å²) in [4.78, 5) is 4.17. The Labute approximate surface area is 118 Å². The predicted molar refractivity (Wildman–Crippen MR) is 78.7 cm³/mol. The monoisotopic (exact) mass is 291 g/mol. The highest BCUT2D eigenvalue weighted by atomic mass is 32.2. The molecule has 0 spiro atoms. The van der Waals surface area contributed by atoms with Gasteiger partial charge in [0.05, 0.1) is 4.90 Å². The molecule has 0 aliphatic rings. The normalized spacial score (nSPS) is 11.4. The molecule has 106 valence electrons. The van der Waals surface area contributed by atoms with E-state index in [4.69, 9.17) is 5.73 Å². The maximum atomic E-state index is 12.1. The van der Waals surface area contributed by atoms with Crippen molar-refractivity contribution in [3.05, 3.63) is 53.9 Å². The Balaban J connectivity index is 2.02. The van der Waals surface area contributed by atoms with Crippen molar-refractivity contribution in [1.29, 1.82) is 0 Å². The molecular weight excluding hydrogens is 274 g/mol. The van der Waals surface area contributed by atoms with Crippen molar-refractivity contribution < 1.29 is 8.42 Å². The van der Waals surface area contributed by atoms with Crippen molar-refractivity contribution in [2.75, 3.05) is 12.3 Å². The summed E-state index contributed by atoms with van der Waals surface area (Å²) in [6, 6.07) is 8.46. The van der Waals surface area contributed by atoms with E-state index in [1.807, 2.05) is 19.1 Å². The van der Waals surface area contributed by atoms with E-state index in [0.29, 0.717) is 18.7 Å². The third kappa shape index (κ3) is 3.55. The molecule has 1 aromatic heterocycles. The molecule has 0 saturated heterocycles. The van der Waals surface area contributed by atoms with Crippen LogP contribution < -0.4 is 10.5 Å². The fraction of sp³-hybridized carbons (Fsp3) is 0.214. The van der Waals surface area contributed by atoms with Crippen molar-refractivity contribution in [1.82, 2.24) is 9.71 Å². The Kier molecular flexibility index (Phi) is 4.36. The van der Waals surface area contributed by atoms with Gasteiger partial charge in [-0.25, -0.2) is 13.1 Å². The summed E-state index contributed by atoms with van der Waals surface area (Å²) in [5, 5.41) is 0. The average Bonchev–Trinajstić information content (AvgIpc) is 2.43. The van der Waals surface area contributed by atoms with Gasteiger partial charge in [-0.15, -0.1) is 0 Å². The zero-order valence-electron chi connectivity index (χ0n) is 11.2. The van der Waals surface area contributed by atoms with Crippen LogP contribution in [0.15, 0.2) is 47.6 Å². The summed E-state index contributed by atoms with van der Waals surface area (Å²) in [7, 11) is -3.52. The minimum Gasteiger partial charge on any atom is -0.398 e. The average molecular weight is 291 g/mol. The standard InChI is InChI=1S/C14H17N3O2S/c1-11-4-5-13(9-14(11)15)20(18,19)17-8-6-12-3-2-7-16-10-12/h2-5,7,9-10,17H,6,8,15H2,1H3. The van der Waals surface area contributed by atoms with Crippen LogP contribution >= 0.6 is 0 Å². The van der Waals surface area contributed by atoms with Gasteiger partial charge < -0.3 is 5.73 Å². The first-order chi connectivity index (χ1) is 9.49. The summed E-state index contributed by atoms with van der Waals surface area (Å²) in [6.07, 6.45) is 4.00. The minimum atomic E-state index is -3.52. The molecule has 0 saturated carbocycles. The van der Waals surface area contributed by atoms with E-state index in [-0.39, 0.29) is 4.90 Å². The number of anilines is 1. The Morgan fingerprint density at radius 1 is 1.30 bits per heavy atom. The van der Waals surface area contributed by atoms with Gasteiger partial charge >= 0.3 is 0 Å². The van der Waals surface area contributed by atoms with E-state index in [1.165, 1.54) is 6.07 Å². The maximum absolute atomic E-state index is 12.1. The van der Waals surface area contributed by atoms with E-state index < -0.39 is 10.0 Å². The topological polar surface area (TPSA) is 85.1 Å². The van der Waals surface area contributed by atoms with Gasteiger partial charge in [-0.05, 0) is 42.7 Å². The number of hydrogen-bond acceptors (Lipinski definition) is 4. The number of hydrogen-bond donors (Lipinski definition) is 2. The number of aromatic nitrogens is 1. The van der Waals surface area contributed by atoms with Crippen molar-refractivity contribution in [2.45, 2.75) is 18.2 Å². The van der Waals surface area contributed by atoms with Crippen molar-refractivity contribution in [2.24, 2.45) is 0 Å². The number of pyridine rings is 1. The number of nitrogens with two attached hydrogens (primary N) is 1. The van der Waals surface area contributed by atoms with Crippen molar-refractivity contribution in [3.63, 3.8) is 0 Å². The Morgan fingerprint density at radius 2 is 2.10 bits per heavy atom. The third-order valence-corrected chi connectivity index (χ3v) is 4.45. The minimum absolute atomic E-state index is 0.187. The Bertz CT molecular complexity index is 685. The van der Waals surface area contributed by atoms with Crippen LogP contribution in [-0.4, -0.2) is 19.9 Å². The number of sulfonamides is 1. The number of benzene rings is 1. The van der Waals surface area contributed by atoms with Gasteiger partial charge in [0.2, 0.25) is 10.0 Å². The SMILES string of the molecule is Cc1ccc(S(=O)(=O)NCCc2cccnc2)cc1N. The molecule has 3 N–H and O–H groups in total. The van der Waals surface area contributed by atoms with Gasteiger partial charge in [0, 0.05) is 24.6 Å². The molecule has 0 bridgehead atoms. The summed E-state index contributed by atoms with van der Waals surface area (Å²) >= 11 is 0. The molecule has 0 unspecified atom stereocenters. The molecule has 2 aromatic rings. The first kappa shape index (κ1) is 14.5. The van der Waals surface area contributed by atoms with Gasteiger partial charge in [-0.1, -0.05) is 12.1 Å². The molecule has 0 fully saturated rings. The fourth-order valence-corrected chi connectivity index (χ4v) is 2.81. The van der Waals surface area contributed by atoms with Crippen molar-refractivity contribution in [3.8, 4) is 0 Å². The van der Waals surface area contributed by atoms with Crippen LogP contribution in [0.5, 0.6) is 0 Å². The van der Waals surface area contributed by atoms with Gasteiger partial charge in [-0.2, -0.15) is 0 Å². The molecule has 20 heavy (non-hydrogen) atoms. The molecule has 2 rings (SSSR count). The third-order valence-electron chi connectivity index (χ3n) is 2.99. The van der Waals surface area contributed by atoms with E-state index in [1.54, 1.807) is 24.5 Å². The first-order valence-electron chi connectivity index (χ1n) is 6.24. The molecule has 5 nitrogen and oxygen atoms in total. The number of nitrogen functional groups attached to an aromatic ring is 1. The Morgan fingerprint density at radius 3 is 2.75 bits per heavy atom. The zero-order chi connectivity index (χ0) is 14.6. The number of rotatable bonds is 5. The van der Waals surface area contributed by atoms with Crippen LogP contribution in [0.25, 0.3) is 0 Å². The van der Waals surface area contributed by atoms with Crippen LogP contribution in [0.3, 0.4) is 0 Å². The second-order valence-electron chi connectivity index (χ2n) is 4.53. The maximum Gasteiger partial charge on any atom is 0.240 e. The Hall–Kier alpha value is -1.92. The predicted octanol–water partition coefficient (Wildman–Crippen LogP) is 1.49. The number of nitrogens with zero attached hydrogens (tertiary/aromatic N) is 1. The number of aryl methyl sites for hydroxylation is 1. The lowest BCUT2D eigenvalue weighted by Gasteiger charge is -2.08. The van der Waals surface area contributed by atoms with Crippen LogP contribution in [-0.2, 0) is 16.4 Å². The van der Waals surface area contributed by atoms with E-state index in [0.717, 1.165) is 11.1 Å². The van der Waals surface area contributed by atoms with E-state index in [2.05, 4.69) is 9.71 Å². The van der Waals surface area contributed by atoms with Crippen molar-refractivity contribution >= 4 is 15.7 Å². The van der Waals surface area contributed by atoms with Crippen LogP contribution in [0.1, 0.15) is 11.1 Å². The largest absolute Gasteiger partial charge is 0.398 e. The highest BCUT2D eigenvalue weighted by Gasteiger charge is 2.14. The van der Waals surface area contributed by atoms with E-state index >= 15 is 0 Å². The lowest BCUT2D eigenvalue weighted by Crippen LogP contribution is -2.26. The number of nitrogens with one attached hydrogen (secondary N) is 1. The highest BCUT2D eigenvalue weighted by Crippen LogP contribution is 2.16. The van der Waals surface area contributed by atoms with Crippen LogP contribution in [0.2, 0.25) is 0 Å².